The molecule has 3 rings (SSSR count). The summed E-state index contributed by atoms with van der Waals surface area (Å²) in [4.78, 5) is 16.5. The molecule has 0 unspecified atom stereocenters. The molecule has 0 bridgehead atoms. The molecule has 1 aromatic carbocycles. The molecular formula is C18H23N3O2. The molecule has 1 atom stereocenters. The van der Waals surface area contributed by atoms with Crippen LogP contribution in [0, 0.1) is 0 Å². The molecule has 122 valence electrons. The first kappa shape index (κ1) is 15.6. The van der Waals surface area contributed by atoms with Crippen molar-refractivity contribution in [2.45, 2.75) is 45.2 Å². The molecule has 5 heteroatoms. The lowest BCUT2D eigenvalue weighted by atomic mass is 10.1. The second kappa shape index (κ2) is 7.31. The molecule has 1 aliphatic heterocycles. The van der Waals surface area contributed by atoms with Gasteiger partial charge >= 0.3 is 0 Å². The smallest absolute Gasteiger partial charge is 0.220 e. The molecule has 2 heterocycles. The van der Waals surface area contributed by atoms with E-state index in [1.165, 1.54) is 0 Å². The Morgan fingerprint density at radius 2 is 2.30 bits per heavy atom. The summed E-state index contributed by atoms with van der Waals surface area (Å²) in [5.41, 5.74) is 1.09. The van der Waals surface area contributed by atoms with Crippen molar-refractivity contribution in [1.29, 1.82) is 0 Å². The minimum absolute atomic E-state index is 0.102. The monoisotopic (exact) mass is 313 g/mol. The Bertz CT molecular complexity index is 666. The predicted octanol–water partition coefficient (Wildman–Crippen LogP) is 2.35. The van der Waals surface area contributed by atoms with Crippen LogP contribution >= 0.6 is 0 Å². The summed E-state index contributed by atoms with van der Waals surface area (Å²) in [5.74, 6) is 2.09. The van der Waals surface area contributed by atoms with Crippen LogP contribution in [0.5, 0.6) is 5.75 Å². The van der Waals surface area contributed by atoms with E-state index in [4.69, 9.17) is 4.74 Å². The number of rotatable bonds is 6. The number of hydrogen-bond acceptors (Lipinski definition) is 3. The summed E-state index contributed by atoms with van der Waals surface area (Å²) in [7, 11) is 0. The third-order valence-corrected chi connectivity index (χ3v) is 4.19. The fraction of sp³-hybridized carbons (Fsp3) is 0.444. The largest absolute Gasteiger partial charge is 0.494 e. The van der Waals surface area contributed by atoms with Crippen LogP contribution in [0.25, 0.3) is 0 Å². The van der Waals surface area contributed by atoms with Gasteiger partial charge < -0.3 is 14.6 Å². The molecular weight excluding hydrogens is 290 g/mol. The highest BCUT2D eigenvalue weighted by Gasteiger charge is 2.20. The Labute approximate surface area is 136 Å². The topological polar surface area (TPSA) is 56.1 Å². The molecule has 0 fully saturated rings. The van der Waals surface area contributed by atoms with Gasteiger partial charge in [0.25, 0.3) is 0 Å². The molecule has 0 radical (unpaired) electrons. The van der Waals surface area contributed by atoms with Crippen LogP contribution in [-0.4, -0.2) is 28.1 Å². The molecule has 1 aromatic heterocycles. The second-order valence-corrected chi connectivity index (χ2v) is 5.84. The highest BCUT2D eigenvalue weighted by Crippen LogP contribution is 2.19. The zero-order valence-electron chi connectivity index (χ0n) is 13.5. The number of aromatic nitrogens is 2. The number of imidazole rings is 1. The van der Waals surface area contributed by atoms with Crippen molar-refractivity contribution >= 4 is 5.91 Å². The van der Waals surface area contributed by atoms with Crippen LogP contribution in [0.4, 0.5) is 0 Å². The Balaban J connectivity index is 1.51. The number of hydrogen-bond donors (Lipinski definition) is 1. The van der Waals surface area contributed by atoms with Crippen molar-refractivity contribution in [3.05, 3.63) is 48.0 Å². The van der Waals surface area contributed by atoms with Crippen LogP contribution in [0.2, 0.25) is 0 Å². The van der Waals surface area contributed by atoms with Crippen molar-refractivity contribution in [1.82, 2.24) is 14.9 Å². The van der Waals surface area contributed by atoms with Gasteiger partial charge in [-0.15, -0.1) is 0 Å². The van der Waals surface area contributed by atoms with Gasteiger partial charge in [0.15, 0.2) is 0 Å². The predicted molar refractivity (Wildman–Crippen MR) is 88.4 cm³/mol. The van der Waals surface area contributed by atoms with Gasteiger partial charge in [0.05, 0.1) is 6.61 Å². The molecule has 2 aromatic rings. The quantitative estimate of drug-likeness (QED) is 0.890. The zero-order chi connectivity index (χ0) is 16.1. The third-order valence-electron chi connectivity index (χ3n) is 4.19. The van der Waals surface area contributed by atoms with Crippen molar-refractivity contribution in [2.24, 2.45) is 0 Å². The van der Waals surface area contributed by atoms with E-state index in [1.807, 2.05) is 43.6 Å². The highest BCUT2D eigenvalue weighted by molar-refractivity contribution is 5.76. The first-order valence-corrected chi connectivity index (χ1v) is 8.26. The van der Waals surface area contributed by atoms with Crippen molar-refractivity contribution in [2.75, 3.05) is 6.61 Å². The summed E-state index contributed by atoms with van der Waals surface area (Å²) < 4.78 is 7.73. The Kier molecular flexibility index (Phi) is 4.95. The SMILES string of the molecule is CCOc1ccccc1CCC(=O)N[C@H]1CCc2nccn2C1. The van der Waals surface area contributed by atoms with Crippen LogP contribution in [-0.2, 0) is 24.2 Å². The van der Waals surface area contributed by atoms with Crippen LogP contribution in [0.1, 0.15) is 31.2 Å². The van der Waals surface area contributed by atoms with Crippen molar-refractivity contribution in [3.8, 4) is 5.75 Å². The summed E-state index contributed by atoms with van der Waals surface area (Å²) >= 11 is 0. The lowest BCUT2D eigenvalue weighted by Gasteiger charge is -2.24. The van der Waals surface area contributed by atoms with Gasteiger partial charge in [-0.25, -0.2) is 4.98 Å². The van der Waals surface area contributed by atoms with E-state index < -0.39 is 0 Å². The number of amides is 1. The van der Waals surface area contributed by atoms with Gasteiger partial charge in [-0.05, 0) is 31.4 Å². The van der Waals surface area contributed by atoms with Gasteiger partial charge in [0, 0.05) is 37.8 Å². The third kappa shape index (κ3) is 3.92. The molecule has 0 saturated heterocycles. The maximum Gasteiger partial charge on any atom is 0.220 e. The van der Waals surface area contributed by atoms with E-state index >= 15 is 0 Å². The molecule has 1 N–H and O–H groups in total. The first-order valence-electron chi connectivity index (χ1n) is 8.26. The molecule has 0 saturated carbocycles. The van der Waals surface area contributed by atoms with Crippen LogP contribution in [0.3, 0.4) is 0 Å². The summed E-state index contributed by atoms with van der Waals surface area (Å²) in [6.45, 7) is 3.42. The molecule has 0 aliphatic carbocycles. The van der Waals surface area contributed by atoms with Crippen LogP contribution < -0.4 is 10.1 Å². The summed E-state index contributed by atoms with van der Waals surface area (Å²) in [6, 6.07) is 8.12. The standard InChI is InChI=1S/C18H23N3O2/c1-2-23-16-6-4-3-5-14(16)7-10-18(22)20-15-8-9-17-19-11-12-21(17)13-15/h3-6,11-12,15H,2,7-10,13H2,1H3,(H,20,22)/t15-/m0/s1. The number of para-hydroxylation sites is 1. The zero-order valence-corrected chi connectivity index (χ0v) is 13.5. The average Bonchev–Trinajstić information content (AvgIpc) is 3.02. The average molecular weight is 313 g/mol. The maximum absolute atomic E-state index is 12.2. The normalized spacial score (nSPS) is 16.7. The van der Waals surface area contributed by atoms with Crippen molar-refractivity contribution < 1.29 is 9.53 Å². The van der Waals surface area contributed by atoms with E-state index in [2.05, 4.69) is 14.9 Å². The minimum Gasteiger partial charge on any atom is -0.494 e. The Morgan fingerprint density at radius 1 is 1.43 bits per heavy atom. The van der Waals surface area contributed by atoms with Gasteiger partial charge in [-0.1, -0.05) is 18.2 Å². The number of fused-ring (bicyclic) bond motifs is 1. The van der Waals surface area contributed by atoms with E-state index in [1.54, 1.807) is 0 Å². The van der Waals surface area contributed by atoms with E-state index in [0.717, 1.165) is 36.5 Å². The van der Waals surface area contributed by atoms with Gasteiger partial charge in [-0.3, -0.25) is 4.79 Å². The van der Waals surface area contributed by atoms with E-state index in [-0.39, 0.29) is 11.9 Å². The number of aryl methyl sites for hydroxylation is 2. The van der Waals surface area contributed by atoms with Gasteiger partial charge in [0.1, 0.15) is 11.6 Å². The number of nitrogens with one attached hydrogen (secondary N) is 1. The Hall–Kier alpha value is -2.30. The number of ether oxygens (including phenoxy) is 1. The van der Waals surface area contributed by atoms with Crippen molar-refractivity contribution in [3.63, 3.8) is 0 Å². The Morgan fingerprint density at radius 3 is 3.17 bits per heavy atom. The molecule has 23 heavy (non-hydrogen) atoms. The number of carbonyl (C=O) groups is 1. The summed E-state index contributed by atoms with van der Waals surface area (Å²) in [6.07, 6.45) is 6.86. The fourth-order valence-corrected chi connectivity index (χ4v) is 3.04. The highest BCUT2D eigenvalue weighted by atomic mass is 16.5. The lowest BCUT2D eigenvalue weighted by molar-refractivity contribution is -0.122. The number of benzene rings is 1. The van der Waals surface area contributed by atoms with E-state index in [0.29, 0.717) is 19.4 Å². The molecule has 1 amide bonds. The van der Waals surface area contributed by atoms with Gasteiger partial charge in [-0.2, -0.15) is 0 Å². The number of carbonyl (C=O) groups excluding carboxylic acids is 1. The molecule has 5 nitrogen and oxygen atoms in total. The number of nitrogens with zero attached hydrogens (tertiary/aromatic N) is 2. The second-order valence-electron chi connectivity index (χ2n) is 5.84. The van der Waals surface area contributed by atoms with Crippen LogP contribution in [0.15, 0.2) is 36.7 Å². The van der Waals surface area contributed by atoms with E-state index in [9.17, 15) is 4.79 Å². The molecule has 0 spiro atoms. The summed E-state index contributed by atoms with van der Waals surface area (Å²) in [5, 5.41) is 3.14. The maximum atomic E-state index is 12.2. The lowest BCUT2D eigenvalue weighted by Crippen LogP contribution is -2.40. The van der Waals surface area contributed by atoms with Gasteiger partial charge in [0.2, 0.25) is 5.91 Å². The first-order chi connectivity index (χ1) is 11.3. The minimum atomic E-state index is 0.102. The fourth-order valence-electron chi connectivity index (χ4n) is 3.04. The molecule has 1 aliphatic rings.